The van der Waals surface area contributed by atoms with Crippen LogP contribution in [0.5, 0.6) is 34.5 Å². The van der Waals surface area contributed by atoms with E-state index in [1.54, 1.807) is 5.56 Å². The van der Waals surface area contributed by atoms with Gasteiger partial charge in [0.15, 0.2) is 0 Å². The van der Waals surface area contributed by atoms with Crippen LogP contribution in [0.25, 0.3) is 0 Å². The summed E-state index contributed by atoms with van der Waals surface area (Å²) in [6.07, 6.45) is 24.5. The lowest BCUT2D eigenvalue weighted by Gasteiger charge is -2.57. The van der Waals surface area contributed by atoms with Crippen molar-refractivity contribution in [2.75, 3.05) is 15.1 Å². The maximum absolute atomic E-state index is 7.90. The summed E-state index contributed by atoms with van der Waals surface area (Å²) in [4.78, 5) is 5.32. The van der Waals surface area contributed by atoms with Gasteiger partial charge in [0.1, 0.15) is 34.5 Å². The molecule has 9 aromatic carbocycles. The molecule has 0 atom stereocenters. The van der Waals surface area contributed by atoms with Gasteiger partial charge < -0.3 is 29.3 Å². The van der Waals surface area contributed by atoms with E-state index in [-0.39, 0.29) is 36.4 Å². The molecule has 6 nitrogen and oxygen atoms in total. The molecule has 9 aromatic rings. The van der Waals surface area contributed by atoms with Crippen molar-refractivity contribution in [2.45, 2.75) is 153 Å². The van der Waals surface area contributed by atoms with E-state index in [1.807, 2.05) is 0 Å². The number of para-hydroxylation sites is 3. The normalized spacial score (nSPS) is 30.8. The first-order valence-corrected chi connectivity index (χ1v) is 37.6. The van der Waals surface area contributed by atoms with E-state index in [4.69, 9.17) is 14.2 Å². The molecule has 9 heteroatoms. The second kappa shape index (κ2) is 18.6. The van der Waals surface area contributed by atoms with Crippen LogP contribution in [0, 0.1) is 74.0 Å². The lowest BCUT2D eigenvalue weighted by atomic mass is 9.29. The van der Waals surface area contributed by atoms with Gasteiger partial charge in [0.05, 0.1) is 5.69 Å². The standard InChI is InChI=1S/C87H80B3N3O3/c1-47-17-48(2)84(49(3)18-47)93-72-37-77-68(35-66(72)89-64-14-8-10-16-75(64)94-78-31-60(30-74(93)82(78)89)86-41-53-22-54(42-86)24-55(23-53)43-86)90-67-34-65-69(36-76(67)95-79-32-61(33-80(96-77)83(79)90)87-44-56-25-57(45-87)27-58(26-56)46-87)91-70-28-59(85-38-50-19-51(39-85)21-52(20-50)40-85)29-73-81(70)88(65)63-13-7-9-15-71(63)92(73)62-11-5-4-6-12-62/h4-18,28-37,50-58,91H,19-27,38-46H2,1-3H3. The van der Waals surface area contributed by atoms with Gasteiger partial charge in [-0.25, -0.2) is 0 Å². The van der Waals surface area contributed by atoms with Crippen LogP contribution in [0.2, 0.25) is 0 Å². The van der Waals surface area contributed by atoms with Crippen molar-refractivity contribution in [2.24, 2.45) is 53.3 Å². The largest absolute Gasteiger partial charge is 0.458 e. The van der Waals surface area contributed by atoms with Gasteiger partial charge in [-0.3, -0.25) is 0 Å². The van der Waals surface area contributed by atoms with Crippen molar-refractivity contribution in [1.29, 1.82) is 0 Å². The minimum absolute atomic E-state index is 0.00757. The van der Waals surface area contributed by atoms with Gasteiger partial charge in [-0.1, -0.05) is 84.4 Å². The summed E-state index contributed by atoms with van der Waals surface area (Å²) < 4.78 is 23.1. The predicted molar refractivity (Wildman–Crippen MR) is 393 cm³/mol. The molecule has 0 aromatic heterocycles. The highest BCUT2D eigenvalue weighted by Gasteiger charge is 2.58. The summed E-state index contributed by atoms with van der Waals surface area (Å²) in [5.41, 5.74) is 30.4. The zero-order valence-corrected chi connectivity index (χ0v) is 55.7. The van der Waals surface area contributed by atoms with E-state index < -0.39 is 0 Å². The van der Waals surface area contributed by atoms with Crippen LogP contribution in [0.3, 0.4) is 0 Å². The van der Waals surface area contributed by atoms with Gasteiger partial charge in [0.2, 0.25) is 0 Å². The summed E-state index contributed by atoms with van der Waals surface area (Å²) in [5, 5.41) is 4.32. The summed E-state index contributed by atoms with van der Waals surface area (Å²) in [7, 11) is 0. The molecule has 0 saturated heterocycles. The topological polar surface area (TPSA) is 46.2 Å². The van der Waals surface area contributed by atoms with E-state index in [1.165, 1.54) is 232 Å². The quantitative estimate of drug-likeness (QED) is 0.173. The Morgan fingerprint density at radius 3 is 1.36 bits per heavy atom. The van der Waals surface area contributed by atoms with E-state index in [0.29, 0.717) is 0 Å². The highest BCUT2D eigenvalue weighted by Crippen LogP contribution is 2.65. The van der Waals surface area contributed by atoms with Crippen LogP contribution < -0.4 is 78.5 Å². The minimum atomic E-state index is -0.159. The second-order valence-electron chi connectivity index (χ2n) is 34.9. The molecule has 0 spiro atoms. The number of ether oxygens (including phenoxy) is 3. The van der Waals surface area contributed by atoms with Crippen molar-refractivity contribution in [1.82, 2.24) is 0 Å². The zero-order valence-electron chi connectivity index (χ0n) is 55.7. The molecule has 12 bridgehead atoms. The zero-order chi connectivity index (χ0) is 62.6. The molecule has 18 aliphatic rings. The molecule has 0 amide bonds. The van der Waals surface area contributed by atoms with Crippen LogP contribution >= 0.6 is 0 Å². The highest BCUT2D eigenvalue weighted by molar-refractivity contribution is 7.03. The molecule has 470 valence electrons. The Labute approximate surface area is 566 Å². The highest BCUT2D eigenvalue weighted by atomic mass is 16.5. The summed E-state index contributed by atoms with van der Waals surface area (Å²) in [6, 6.07) is 60.4. The molecule has 12 aliphatic carbocycles. The molecule has 96 heavy (non-hydrogen) atoms. The van der Waals surface area contributed by atoms with E-state index in [2.05, 4.69) is 188 Å². The molecule has 12 saturated carbocycles. The number of benzene rings is 9. The Morgan fingerprint density at radius 1 is 0.333 bits per heavy atom. The third-order valence-electron chi connectivity index (χ3n) is 29.0. The van der Waals surface area contributed by atoms with Crippen LogP contribution in [0.15, 0.2) is 152 Å². The first kappa shape index (κ1) is 54.0. The van der Waals surface area contributed by atoms with Gasteiger partial charge in [-0.2, -0.15) is 0 Å². The predicted octanol–water partition coefficient (Wildman–Crippen LogP) is 15.5. The summed E-state index contributed by atoms with van der Waals surface area (Å²) in [5.74, 6) is 13.3. The molecular weight excluding hydrogens is 1170 g/mol. The maximum Gasteiger partial charge on any atom is 0.260 e. The summed E-state index contributed by atoms with van der Waals surface area (Å²) in [6.45, 7) is 6.73. The average molecular weight is 1250 g/mol. The second-order valence-corrected chi connectivity index (χ2v) is 34.9. The average Bonchev–Trinajstić information content (AvgIpc) is 0.693. The number of hydrogen-bond donors (Lipinski definition) is 1. The molecule has 1 N–H and O–H groups in total. The van der Waals surface area contributed by atoms with Crippen molar-refractivity contribution in [3.05, 3.63) is 185 Å². The first-order valence-electron chi connectivity index (χ1n) is 37.6. The Morgan fingerprint density at radius 2 is 0.781 bits per heavy atom. The number of anilines is 8. The van der Waals surface area contributed by atoms with Crippen LogP contribution in [0.4, 0.5) is 45.5 Å². The number of rotatable bonds is 5. The molecule has 12 fully saturated rings. The molecule has 0 unspecified atom stereocenters. The number of nitrogens with one attached hydrogen (secondary N) is 1. The monoisotopic (exact) mass is 1250 g/mol. The van der Waals surface area contributed by atoms with Gasteiger partial charge >= 0.3 is 0 Å². The van der Waals surface area contributed by atoms with Crippen LogP contribution in [0.1, 0.15) is 149 Å². The number of fused-ring (bicyclic) bond motifs is 12. The first-order chi connectivity index (χ1) is 47.0. The van der Waals surface area contributed by atoms with Crippen molar-refractivity contribution >= 4 is 115 Å². The minimum Gasteiger partial charge on any atom is -0.458 e. The Balaban J connectivity index is 0.739. The van der Waals surface area contributed by atoms with Crippen molar-refractivity contribution < 1.29 is 14.2 Å². The molecular formula is C87H80B3N3O3. The fourth-order valence-electron chi connectivity index (χ4n) is 26.9. The fourth-order valence-corrected chi connectivity index (χ4v) is 26.9. The van der Waals surface area contributed by atoms with E-state index in [0.717, 1.165) is 93.4 Å². The number of nitrogens with zero attached hydrogens (tertiary/aromatic N) is 2. The van der Waals surface area contributed by atoms with Crippen LogP contribution in [-0.2, 0) is 16.2 Å². The molecule has 6 heterocycles. The molecule has 0 radical (unpaired) electrons. The Hall–Kier alpha value is -8.03. The third-order valence-corrected chi connectivity index (χ3v) is 29.0. The van der Waals surface area contributed by atoms with Gasteiger partial charge in [0, 0.05) is 57.4 Å². The Kier molecular flexibility index (Phi) is 10.5. The number of aryl methyl sites for hydroxylation is 3. The van der Waals surface area contributed by atoms with E-state index in [9.17, 15) is 0 Å². The molecule has 6 aliphatic heterocycles. The lowest BCUT2D eigenvalue weighted by Crippen LogP contribution is -2.64. The molecule has 27 rings (SSSR count). The Bertz CT molecular complexity index is 4880. The smallest absolute Gasteiger partial charge is 0.260 e. The maximum atomic E-state index is 7.90. The fraction of sp³-hybridized carbons (Fsp3) is 0.379. The summed E-state index contributed by atoms with van der Waals surface area (Å²) >= 11 is 0. The third kappa shape index (κ3) is 7.23. The van der Waals surface area contributed by atoms with Gasteiger partial charge in [-0.15, -0.1) is 0 Å². The van der Waals surface area contributed by atoms with Gasteiger partial charge in [0.25, 0.3) is 20.1 Å². The SMILES string of the molecule is Cc1cc(C)c(N2c3cc4c(cc3B3c5ccccc5Oc5cc(C67CC8CC(CC(C8)C6)C7)cc2c53)B2c3cc5c(cc3Oc3cc(C67CC8CC(CC(C8)C6)C7)cc(c32)O4)Nc2cc(C34CC6CC(CC(C6)C3)C4)cc3c2B5c2ccccc2N3c2ccccc2)c(C)c1. The van der Waals surface area contributed by atoms with Crippen molar-refractivity contribution in [3.63, 3.8) is 0 Å². The number of hydrogen-bond acceptors (Lipinski definition) is 6. The van der Waals surface area contributed by atoms with Crippen molar-refractivity contribution in [3.8, 4) is 34.5 Å². The van der Waals surface area contributed by atoms with Crippen LogP contribution in [-0.4, -0.2) is 20.1 Å². The lowest BCUT2D eigenvalue weighted by molar-refractivity contribution is -0.00539. The van der Waals surface area contributed by atoms with E-state index >= 15 is 0 Å². The van der Waals surface area contributed by atoms with Gasteiger partial charge in [-0.05, 0) is 338 Å².